The highest BCUT2D eigenvalue weighted by molar-refractivity contribution is 5.86. The Hall–Kier alpha value is -5.66. The summed E-state index contributed by atoms with van der Waals surface area (Å²) in [6.07, 6.45) is 6.77. The van der Waals surface area contributed by atoms with E-state index in [4.69, 9.17) is 0 Å². The summed E-state index contributed by atoms with van der Waals surface area (Å²) in [5.74, 6) is 0.720. The van der Waals surface area contributed by atoms with Gasteiger partial charge in [-0.15, -0.1) is 0 Å². The molecule has 1 heteroatoms. The van der Waals surface area contributed by atoms with Gasteiger partial charge >= 0.3 is 0 Å². The lowest BCUT2D eigenvalue weighted by Crippen LogP contribution is -2.16. The first-order chi connectivity index (χ1) is 28.7. The highest BCUT2D eigenvalue weighted by Crippen LogP contribution is 2.51. The molecule has 2 aliphatic rings. The third-order valence-corrected chi connectivity index (χ3v) is 13.6. The summed E-state index contributed by atoms with van der Waals surface area (Å²) in [5, 5.41) is 0. The van der Waals surface area contributed by atoms with Crippen LogP contribution >= 0.6 is 0 Å². The SMILES string of the molecule is CC(C)(C)c1cc(-c2ccc(-c3ccc(N(c4ccc(-c5ccc(C6CCCCC6)cc5)cc4)c4ccc5c(c4)C(C)(C)c4ccccc4-5)cc3)cc2)cc(C(C)(C)C)c1. The predicted molar refractivity (Wildman–Crippen MR) is 258 cm³/mol. The van der Waals surface area contributed by atoms with Crippen molar-refractivity contribution < 1.29 is 0 Å². The van der Waals surface area contributed by atoms with Crippen LogP contribution < -0.4 is 4.90 Å². The lowest BCUT2D eigenvalue weighted by Gasteiger charge is -2.28. The second-order valence-electron chi connectivity index (χ2n) is 20.2. The van der Waals surface area contributed by atoms with Gasteiger partial charge in [0.1, 0.15) is 0 Å². The maximum atomic E-state index is 2.43. The van der Waals surface area contributed by atoms with E-state index in [9.17, 15) is 0 Å². The third kappa shape index (κ3) is 7.64. The average Bonchev–Trinajstić information content (AvgIpc) is 3.49. The first kappa shape index (κ1) is 39.8. The normalized spacial score (nSPS) is 15.1. The molecule has 0 aliphatic heterocycles. The molecule has 0 heterocycles. The summed E-state index contributed by atoms with van der Waals surface area (Å²) >= 11 is 0. The van der Waals surface area contributed by atoms with Crippen LogP contribution in [0.15, 0.2) is 158 Å². The molecular formula is C59H61N. The van der Waals surface area contributed by atoms with Gasteiger partial charge in [-0.1, -0.05) is 196 Å². The number of fused-ring (bicyclic) bond motifs is 3. The van der Waals surface area contributed by atoms with E-state index in [1.54, 1.807) is 0 Å². The number of anilines is 3. The topological polar surface area (TPSA) is 3.24 Å². The molecule has 60 heavy (non-hydrogen) atoms. The summed E-state index contributed by atoms with van der Waals surface area (Å²) in [6, 6.07) is 60.0. The van der Waals surface area contributed by atoms with Crippen LogP contribution in [-0.4, -0.2) is 0 Å². The predicted octanol–water partition coefficient (Wildman–Crippen LogP) is 17.1. The Balaban J connectivity index is 1.04. The number of nitrogens with zero attached hydrogens (tertiary/aromatic N) is 1. The van der Waals surface area contributed by atoms with Gasteiger partial charge in [-0.05, 0) is 138 Å². The number of rotatable bonds is 7. The molecule has 0 amide bonds. The molecule has 0 saturated heterocycles. The van der Waals surface area contributed by atoms with Crippen molar-refractivity contribution in [3.8, 4) is 44.5 Å². The molecule has 0 N–H and O–H groups in total. The van der Waals surface area contributed by atoms with Crippen LogP contribution in [-0.2, 0) is 16.2 Å². The van der Waals surface area contributed by atoms with Crippen molar-refractivity contribution in [2.75, 3.05) is 4.90 Å². The average molecular weight is 784 g/mol. The van der Waals surface area contributed by atoms with E-state index >= 15 is 0 Å². The molecule has 0 atom stereocenters. The number of hydrogen-bond acceptors (Lipinski definition) is 1. The van der Waals surface area contributed by atoms with Crippen molar-refractivity contribution in [2.24, 2.45) is 0 Å². The van der Waals surface area contributed by atoms with Gasteiger partial charge in [0.15, 0.2) is 0 Å². The van der Waals surface area contributed by atoms with Crippen LogP contribution in [0.2, 0.25) is 0 Å². The maximum Gasteiger partial charge on any atom is 0.0465 e. The molecular weight excluding hydrogens is 723 g/mol. The molecule has 7 aromatic rings. The zero-order valence-corrected chi connectivity index (χ0v) is 37.1. The van der Waals surface area contributed by atoms with E-state index in [-0.39, 0.29) is 16.2 Å². The first-order valence-electron chi connectivity index (χ1n) is 22.4. The van der Waals surface area contributed by atoms with Crippen LogP contribution in [0.3, 0.4) is 0 Å². The van der Waals surface area contributed by atoms with Crippen molar-refractivity contribution in [1.29, 1.82) is 0 Å². The van der Waals surface area contributed by atoms with Gasteiger partial charge in [-0.3, -0.25) is 0 Å². The Kier molecular flexibility index (Phi) is 10.2. The molecule has 0 unspecified atom stereocenters. The standard InChI is InChI=1S/C59H61N/c1-57(2,3)48-36-47(37-49(38-48)58(4,5)6)46-24-22-43(23-25-46)45-28-32-51(33-29-45)60(52-34-35-54-53-16-12-13-17-55(53)59(7,8)56(54)39-52)50-30-26-44(27-31-50)42-20-18-41(19-21-42)40-14-10-9-11-15-40/h12-13,16-40H,9-11,14-15H2,1-8H3. The maximum absolute atomic E-state index is 2.43. The monoisotopic (exact) mass is 783 g/mol. The van der Waals surface area contributed by atoms with Crippen LogP contribution in [0.4, 0.5) is 17.1 Å². The van der Waals surface area contributed by atoms with Crippen molar-refractivity contribution in [2.45, 2.75) is 110 Å². The lowest BCUT2D eigenvalue weighted by molar-refractivity contribution is 0.443. The smallest absolute Gasteiger partial charge is 0.0465 e. The number of benzene rings is 7. The zero-order chi connectivity index (χ0) is 41.8. The molecule has 2 aliphatic carbocycles. The van der Waals surface area contributed by atoms with Gasteiger partial charge in [-0.25, -0.2) is 0 Å². The minimum Gasteiger partial charge on any atom is -0.310 e. The first-order valence-corrected chi connectivity index (χ1v) is 22.4. The summed E-state index contributed by atoms with van der Waals surface area (Å²) in [7, 11) is 0. The molecule has 0 bridgehead atoms. The minimum absolute atomic E-state index is 0.0782. The van der Waals surface area contributed by atoms with Crippen molar-refractivity contribution in [3.05, 3.63) is 186 Å². The second-order valence-corrected chi connectivity index (χ2v) is 20.2. The van der Waals surface area contributed by atoms with Crippen molar-refractivity contribution in [1.82, 2.24) is 0 Å². The Labute approximate surface area is 360 Å². The van der Waals surface area contributed by atoms with E-state index < -0.39 is 0 Å². The van der Waals surface area contributed by atoms with Crippen LogP contribution in [0.25, 0.3) is 44.5 Å². The summed E-state index contributed by atoms with van der Waals surface area (Å²) < 4.78 is 0. The van der Waals surface area contributed by atoms with E-state index in [1.165, 1.54) is 110 Å². The third-order valence-electron chi connectivity index (χ3n) is 13.6. The lowest BCUT2D eigenvalue weighted by atomic mass is 9.79. The zero-order valence-electron chi connectivity index (χ0n) is 37.1. The summed E-state index contributed by atoms with van der Waals surface area (Å²) in [4.78, 5) is 2.43. The van der Waals surface area contributed by atoms with Crippen LogP contribution in [0.1, 0.15) is 121 Å². The van der Waals surface area contributed by atoms with Crippen molar-refractivity contribution in [3.63, 3.8) is 0 Å². The number of hydrogen-bond donors (Lipinski definition) is 0. The molecule has 9 rings (SSSR count). The fourth-order valence-corrected chi connectivity index (χ4v) is 9.78. The fourth-order valence-electron chi connectivity index (χ4n) is 9.78. The molecule has 0 spiro atoms. The van der Waals surface area contributed by atoms with Crippen molar-refractivity contribution >= 4 is 17.1 Å². The molecule has 7 aromatic carbocycles. The highest BCUT2D eigenvalue weighted by Gasteiger charge is 2.35. The van der Waals surface area contributed by atoms with Gasteiger partial charge in [0, 0.05) is 22.5 Å². The molecule has 302 valence electrons. The Bertz CT molecular complexity index is 2590. The van der Waals surface area contributed by atoms with E-state index in [0.717, 1.165) is 17.3 Å². The van der Waals surface area contributed by atoms with Gasteiger partial charge < -0.3 is 4.90 Å². The Morgan fingerprint density at radius 3 is 1.37 bits per heavy atom. The molecule has 0 radical (unpaired) electrons. The largest absolute Gasteiger partial charge is 0.310 e. The summed E-state index contributed by atoms with van der Waals surface area (Å²) in [5.41, 5.74) is 20.7. The van der Waals surface area contributed by atoms with Gasteiger partial charge in [0.25, 0.3) is 0 Å². The van der Waals surface area contributed by atoms with Gasteiger partial charge in [0.05, 0.1) is 0 Å². The molecule has 0 aromatic heterocycles. The Morgan fingerprint density at radius 2 is 0.850 bits per heavy atom. The molecule has 1 nitrogen and oxygen atoms in total. The molecule has 1 saturated carbocycles. The van der Waals surface area contributed by atoms with Crippen LogP contribution in [0.5, 0.6) is 0 Å². The highest BCUT2D eigenvalue weighted by atomic mass is 15.1. The molecule has 1 fully saturated rings. The van der Waals surface area contributed by atoms with Gasteiger partial charge in [0.2, 0.25) is 0 Å². The Morgan fingerprint density at radius 1 is 0.417 bits per heavy atom. The van der Waals surface area contributed by atoms with E-state index in [1.807, 2.05) is 0 Å². The van der Waals surface area contributed by atoms with Crippen LogP contribution in [0, 0.1) is 0 Å². The second kappa shape index (κ2) is 15.4. The van der Waals surface area contributed by atoms with E-state index in [2.05, 4.69) is 218 Å². The van der Waals surface area contributed by atoms with Gasteiger partial charge in [-0.2, -0.15) is 0 Å². The fraction of sp³-hybridized carbons (Fsp3) is 0.288. The summed E-state index contributed by atoms with van der Waals surface area (Å²) in [6.45, 7) is 18.6. The quantitative estimate of drug-likeness (QED) is 0.156. The van der Waals surface area contributed by atoms with E-state index in [0.29, 0.717) is 0 Å². The minimum atomic E-state index is -0.0837.